The van der Waals surface area contributed by atoms with Gasteiger partial charge in [-0.05, 0) is 30.5 Å². The Hall–Kier alpha value is -1.55. The lowest BCUT2D eigenvalue weighted by atomic mass is 9.83. The highest BCUT2D eigenvalue weighted by atomic mass is 16.3. The van der Waals surface area contributed by atoms with E-state index in [4.69, 9.17) is 0 Å². The van der Waals surface area contributed by atoms with Gasteiger partial charge in [0, 0.05) is 31.7 Å². The van der Waals surface area contributed by atoms with Crippen LogP contribution >= 0.6 is 0 Å². The molecule has 118 valence electrons. The van der Waals surface area contributed by atoms with Crippen molar-refractivity contribution in [3.8, 4) is 0 Å². The van der Waals surface area contributed by atoms with Gasteiger partial charge >= 0.3 is 0 Å². The van der Waals surface area contributed by atoms with E-state index in [-0.39, 0.29) is 17.9 Å². The van der Waals surface area contributed by atoms with Crippen LogP contribution in [0.25, 0.3) is 0 Å². The lowest BCUT2D eigenvalue weighted by Gasteiger charge is -2.30. The predicted octanol–water partition coefficient (Wildman–Crippen LogP) is 2.53. The van der Waals surface area contributed by atoms with Crippen molar-refractivity contribution in [2.75, 3.05) is 32.6 Å². The molecule has 0 unspecified atom stereocenters. The van der Waals surface area contributed by atoms with Crippen molar-refractivity contribution in [2.24, 2.45) is 5.41 Å². The second-order valence-corrected chi connectivity index (χ2v) is 5.88. The van der Waals surface area contributed by atoms with Crippen LogP contribution in [-0.4, -0.2) is 43.2 Å². The molecule has 0 aliphatic rings. The largest absolute Gasteiger partial charge is 0.396 e. The van der Waals surface area contributed by atoms with E-state index < -0.39 is 0 Å². The number of likely N-dealkylation sites (N-methyl/N-ethyl adjacent to an activating group) is 1. The maximum atomic E-state index is 11.7. The molecule has 21 heavy (non-hydrogen) atoms. The third-order valence-corrected chi connectivity index (χ3v) is 4.31. The van der Waals surface area contributed by atoms with Crippen LogP contribution in [0.4, 0.5) is 5.69 Å². The van der Waals surface area contributed by atoms with Crippen molar-refractivity contribution in [2.45, 2.75) is 33.1 Å². The zero-order chi connectivity index (χ0) is 15.9. The van der Waals surface area contributed by atoms with E-state index in [9.17, 15) is 9.90 Å². The zero-order valence-corrected chi connectivity index (χ0v) is 13.6. The Labute approximate surface area is 128 Å². The van der Waals surface area contributed by atoms with Gasteiger partial charge < -0.3 is 15.3 Å². The van der Waals surface area contributed by atoms with Crippen molar-refractivity contribution in [1.29, 1.82) is 0 Å². The Morgan fingerprint density at radius 1 is 1.19 bits per heavy atom. The number of amides is 1. The number of nitrogens with one attached hydrogen (secondary N) is 1. The van der Waals surface area contributed by atoms with Crippen LogP contribution in [0.2, 0.25) is 0 Å². The van der Waals surface area contributed by atoms with Crippen LogP contribution < -0.4 is 5.32 Å². The monoisotopic (exact) mass is 292 g/mol. The summed E-state index contributed by atoms with van der Waals surface area (Å²) in [4.78, 5) is 13.3. The number of aliphatic hydroxyl groups is 1. The molecule has 0 saturated carbocycles. The van der Waals surface area contributed by atoms with Crippen LogP contribution in [-0.2, 0) is 11.2 Å². The molecule has 0 radical (unpaired) electrons. The SMILES string of the molecule is CCC(CC)(CO)CNc1ccc(CC(=O)N(C)C)cc1. The van der Waals surface area contributed by atoms with E-state index in [2.05, 4.69) is 19.2 Å². The Morgan fingerprint density at radius 2 is 1.76 bits per heavy atom. The molecule has 1 rings (SSSR count). The van der Waals surface area contributed by atoms with Crippen LogP contribution in [0.3, 0.4) is 0 Å². The molecule has 0 bridgehead atoms. The molecule has 0 fully saturated rings. The average Bonchev–Trinajstić information content (AvgIpc) is 2.50. The fraction of sp³-hybridized carbons (Fsp3) is 0.588. The average molecular weight is 292 g/mol. The topological polar surface area (TPSA) is 52.6 Å². The summed E-state index contributed by atoms with van der Waals surface area (Å²) >= 11 is 0. The highest BCUT2D eigenvalue weighted by molar-refractivity contribution is 5.78. The first-order valence-electron chi connectivity index (χ1n) is 7.60. The summed E-state index contributed by atoms with van der Waals surface area (Å²) in [5, 5.41) is 13.0. The standard InChI is InChI=1S/C17H28N2O2/c1-5-17(6-2,13-20)12-18-15-9-7-14(8-10-15)11-16(21)19(3)4/h7-10,18,20H,5-6,11-13H2,1-4H3. The van der Waals surface area contributed by atoms with E-state index in [0.29, 0.717) is 6.42 Å². The lowest BCUT2D eigenvalue weighted by Crippen LogP contribution is -2.32. The van der Waals surface area contributed by atoms with Gasteiger partial charge in [-0.3, -0.25) is 4.79 Å². The summed E-state index contributed by atoms with van der Waals surface area (Å²) in [6, 6.07) is 7.93. The Bertz CT molecular complexity index is 428. The van der Waals surface area contributed by atoms with E-state index in [0.717, 1.165) is 30.6 Å². The molecule has 1 aromatic carbocycles. The smallest absolute Gasteiger partial charge is 0.226 e. The van der Waals surface area contributed by atoms with Crippen molar-refractivity contribution in [3.05, 3.63) is 29.8 Å². The van der Waals surface area contributed by atoms with Crippen LogP contribution in [0, 0.1) is 5.41 Å². The number of carbonyl (C=O) groups excluding carboxylic acids is 1. The van der Waals surface area contributed by atoms with Crippen LogP contribution in [0.1, 0.15) is 32.3 Å². The number of hydrogen-bond donors (Lipinski definition) is 2. The summed E-state index contributed by atoms with van der Waals surface area (Å²) in [7, 11) is 3.53. The van der Waals surface area contributed by atoms with Crippen molar-refractivity contribution >= 4 is 11.6 Å². The molecule has 0 aliphatic carbocycles. The highest BCUT2D eigenvalue weighted by Gasteiger charge is 2.24. The zero-order valence-electron chi connectivity index (χ0n) is 13.6. The number of rotatable bonds is 8. The minimum absolute atomic E-state index is 0.0560. The van der Waals surface area contributed by atoms with Gasteiger partial charge in [-0.1, -0.05) is 26.0 Å². The van der Waals surface area contributed by atoms with Crippen LogP contribution in [0.15, 0.2) is 24.3 Å². The van der Waals surface area contributed by atoms with E-state index in [1.807, 2.05) is 24.3 Å². The predicted molar refractivity (Wildman–Crippen MR) is 87.4 cm³/mol. The molecule has 1 aromatic rings. The van der Waals surface area contributed by atoms with Gasteiger partial charge in [0.05, 0.1) is 13.0 Å². The van der Waals surface area contributed by atoms with E-state index in [1.54, 1.807) is 19.0 Å². The maximum Gasteiger partial charge on any atom is 0.226 e. The third-order valence-electron chi connectivity index (χ3n) is 4.31. The Morgan fingerprint density at radius 3 is 2.19 bits per heavy atom. The Kier molecular flexibility index (Phi) is 6.69. The molecular weight excluding hydrogens is 264 g/mol. The summed E-state index contributed by atoms with van der Waals surface area (Å²) in [5.41, 5.74) is 1.98. The number of aliphatic hydroxyl groups excluding tert-OH is 1. The lowest BCUT2D eigenvalue weighted by molar-refractivity contribution is -0.127. The number of nitrogens with zero attached hydrogens (tertiary/aromatic N) is 1. The van der Waals surface area contributed by atoms with Gasteiger partial charge in [-0.15, -0.1) is 0 Å². The van der Waals surface area contributed by atoms with Gasteiger partial charge in [0.15, 0.2) is 0 Å². The van der Waals surface area contributed by atoms with E-state index in [1.165, 1.54) is 0 Å². The third kappa shape index (κ3) is 5.05. The minimum atomic E-state index is -0.0560. The number of hydrogen-bond acceptors (Lipinski definition) is 3. The normalized spacial score (nSPS) is 11.3. The van der Waals surface area contributed by atoms with E-state index >= 15 is 0 Å². The summed E-state index contributed by atoms with van der Waals surface area (Å²) in [6.45, 7) is 5.17. The molecule has 0 saturated heterocycles. The molecule has 0 spiro atoms. The quantitative estimate of drug-likeness (QED) is 0.774. The van der Waals surface area contributed by atoms with Gasteiger partial charge in [-0.2, -0.15) is 0 Å². The second-order valence-electron chi connectivity index (χ2n) is 5.88. The summed E-state index contributed by atoms with van der Waals surface area (Å²) in [6.07, 6.45) is 2.32. The first-order valence-corrected chi connectivity index (χ1v) is 7.60. The van der Waals surface area contributed by atoms with Crippen LogP contribution in [0.5, 0.6) is 0 Å². The molecule has 4 nitrogen and oxygen atoms in total. The molecule has 0 heterocycles. The fourth-order valence-corrected chi connectivity index (χ4v) is 2.14. The first kappa shape index (κ1) is 17.5. The van der Waals surface area contributed by atoms with Gasteiger partial charge in [0.1, 0.15) is 0 Å². The molecule has 0 aromatic heterocycles. The van der Waals surface area contributed by atoms with Gasteiger partial charge in [-0.25, -0.2) is 0 Å². The Balaban J connectivity index is 2.61. The van der Waals surface area contributed by atoms with Gasteiger partial charge in [0.2, 0.25) is 5.91 Å². The molecule has 0 atom stereocenters. The van der Waals surface area contributed by atoms with Crippen molar-refractivity contribution in [1.82, 2.24) is 4.90 Å². The fourth-order valence-electron chi connectivity index (χ4n) is 2.14. The van der Waals surface area contributed by atoms with Gasteiger partial charge in [0.25, 0.3) is 0 Å². The second kappa shape index (κ2) is 8.03. The number of benzene rings is 1. The minimum Gasteiger partial charge on any atom is -0.396 e. The van der Waals surface area contributed by atoms with Crippen molar-refractivity contribution in [3.63, 3.8) is 0 Å². The first-order chi connectivity index (χ1) is 9.96. The number of carbonyl (C=O) groups is 1. The summed E-state index contributed by atoms with van der Waals surface area (Å²) in [5.74, 6) is 0.104. The molecule has 0 aliphatic heterocycles. The highest BCUT2D eigenvalue weighted by Crippen LogP contribution is 2.26. The molecule has 1 amide bonds. The molecule has 4 heteroatoms. The molecule has 2 N–H and O–H groups in total. The van der Waals surface area contributed by atoms with Crippen molar-refractivity contribution < 1.29 is 9.90 Å². The maximum absolute atomic E-state index is 11.7. The number of anilines is 1. The molecular formula is C17H28N2O2. The summed E-state index contributed by atoms with van der Waals surface area (Å²) < 4.78 is 0.